The van der Waals surface area contributed by atoms with Gasteiger partial charge in [-0.2, -0.15) is 4.98 Å². The predicted octanol–water partition coefficient (Wildman–Crippen LogP) is 1.34. The Bertz CT molecular complexity index is 476. The monoisotopic (exact) mass is 273 g/mol. The Morgan fingerprint density at radius 3 is 2.72 bits per heavy atom. The first-order valence-electron chi connectivity index (χ1n) is 5.25. The lowest BCUT2D eigenvalue weighted by Gasteiger charge is -2.35. The van der Waals surface area contributed by atoms with Gasteiger partial charge in [-0.3, -0.25) is 15.0 Å². The fourth-order valence-electron chi connectivity index (χ4n) is 1.68. The Morgan fingerprint density at radius 1 is 1.56 bits per heavy atom. The molecule has 1 aliphatic heterocycles. The highest BCUT2D eigenvalue weighted by atomic mass is 35.5. The van der Waals surface area contributed by atoms with E-state index in [0.717, 1.165) is 0 Å². The van der Waals surface area contributed by atoms with E-state index in [-0.39, 0.29) is 28.6 Å². The minimum Gasteiger partial charge on any atom is -0.480 e. The lowest BCUT2D eigenvalue weighted by Crippen LogP contribution is -2.51. The summed E-state index contributed by atoms with van der Waals surface area (Å²) >= 11 is 5.80. The second kappa shape index (κ2) is 4.95. The molecular formula is C10H12ClN3O4. The Kier molecular flexibility index (Phi) is 3.53. The summed E-state index contributed by atoms with van der Waals surface area (Å²) in [5.74, 6) is 0.0595. The van der Waals surface area contributed by atoms with Crippen LogP contribution in [-0.2, 0) is 0 Å². The standard InChI is InChI=1S/C10H12ClN3O4/c1-13-4-6(5-13)18-10-8(14(15)16)3-7(11)9(12-10)17-2/h3,6H,4-5H2,1-2H3. The number of aromatic nitrogens is 1. The van der Waals surface area contributed by atoms with Crippen molar-refractivity contribution in [2.45, 2.75) is 6.10 Å². The lowest BCUT2D eigenvalue weighted by molar-refractivity contribution is -0.386. The largest absolute Gasteiger partial charge is 0.480 e. The van der Waals surface area contributed by atoms with Crippen LogP contribution in [0.25, 0.3) is 0 Å². The molecule has 0 atom stereocenters. The van der Waals surface area contributed by atoms with Gasteiger partial charge in [-0.1, -0.05) is 11.6 Å². The van der Waals surface area contributed by atoms with Crippen molar-refractivity contribution in [2.75, 3.05) is 27.2 Å². The second-order valence-electron chi connectivity index (χ2n) is 4.02. The molecule has 0 N–H and O–H groups in total. The van der Waals surface area contributed by atoms with Crippen molar-refractivity contribution >= 4 is 17.3 Å². The number of methoxy groups -OCH3 is 1. The number of rotatable bonds is 4. The van der Waals surface area contributed by atoms with Gasteiger partial charge in [0.05, 0.1) is 12.0 Å². The quantitative estimate of drug-likeness (QED) is 0.609. The van der Waals surface area contributed by atoms with Gasteiger partial charge in [0.25, 0.3) is 5.88 Å². The van der Waals surface area contributed by atoms with Gasteiger partial charge in [0, 0.05) is 19.2 Å². The molecule has 0 bridgehead atoms. The number of nitrogens with zero attached hydrogens (tertiary/aromatic N) is 3. The average molecular weight is 274 g/mol. The summed E-state index contributed by atoms with van der Waals surface area (Å²) in [6.07, 6.45) is -0.0907. The van der Waals surface area contributed by atoms with Gasteiger partial charge in [0.1, 0.15) is 11.1 Å². The van der Waals surface area contributed by atoms with E-state index in [0.29, 0.717) is 13.1 Å². The third-order valence-electron chi connectivity index (χ3n) is 2.59. The topological polar surface area (TPSA) is 77.7 Å². The Labute approximate surface area is 108 Å². The number of pyridine rings is 1. The van der Waals surface area contributed by atoms with Gasteiger partial charge in [-0.25, -0.2) is 0 Å². The van der Waals surface area contributed by atoms with E-state index in [1.807, 2.05) is 11.9 Å². The average Bonchev–Trinajstić information content (AvgIpc) is 2.28. The van der Waals surface area contributed by atoms with Crippen molar-refractivity contribution < 1.29 is 14.4 Å². The number of halogens is 1. The van der Waals surface area contributed by atoms with Crippen LogP contribution in [0.5, 0.6) is 11.8 Å². The van der Waals surface area contributed by atoms with Gasteiger partial charge >= 0.3 is 5.69 Å². The third-order valence-corrected chi connectivity index (χ3v) is 2.86. The summed E-state index contributed by atoms with van der Waals surface area (Å²) in [7, 11) is 3.32. The Morgan fingerprint density at radius 2 is 2.22 bits per heavy atom. The minimum atomic E-state index is -0.573. The number of nitro groups is 1. The van der Waals surface area contributed by atoms with Gasteiger partial charge in [0.2, 0.25) is 5.88 Å². The molecule has 0 unspecified atom stereocenters. The molecule has 0 amide bonds. The molecule has 0 saturated carbocycles. The smallest absolute Gasteiger partial charge is 0.332 e. The molecule has 1 aliphatic rings. The van der Waals surface area contributed by atoms with Crippen molar-refractivity contribution in [2.24, 2.45) is 0 Å². The first-order valence-corrected chi connectivity index (χ1v) is 5.63. The maximum Gasteiger partial charge on any atom is 0.332 e. The van der Waals surface area contributed by atoms with E-state index in [4.69, 9.17) is 21.1 Å². The first kappa shape index (κ1) is 12.8. The predicted molar refractivity (Wildman–Crippen MR) is 64.4 cm³/mol. The summed E-state index contributed by atoms with van der Waals surface area (Å²) < 4.78 is 10.4. The van der Waals surface area contributed by atoms with Crippen LogP contribution in [0.2, 0.25) is 5.02 Å². The van der Waals surface area contributed by atoms with Crippen LogP contribution in [0.1, 0.15) is 0 Å². The van der Waals surface area contributed by atoms with Crippen molar-refractivity contribution in [1.82, 2.24) is 9.88 Å². The van der Waals surface area contributed by atoms with Crippen LogP contribution in [0.15, 0.2) is 6.07 Å². The molecule has 7 nitrogen and oxygen atoms in total. The molecule has 0 aliphatic carbocycles. The van der Waals surface area contributed by atoms with E-state index < -0.39 is 4.92 Å². The summed E-state index contributed by atoms with van der Waals surface area (Å²) in [5.41, 5.74) is -0.254. The summed E-state index contributed by atoms with van der Waals surface area (Å²) in [5, 5.41) is 11.0. The molecule has 98 valence electrons. The zero-order valence-corrected chi connectivity index (χ0v) is 10.7. The third kappa shape index (κ3) is 2.46. The fraction of sp³-hybridized carbons (Fsp3) is 0.500. The molecule has 1 saturated heterocycles. The fourth-order valence-corrected chi connectivity index (χ4v) is 1.90. The van der Waals surface area contributed by atoms with Crippen LogP contribution in [-0.4, -0.2) is 48.2 Å². The van der Waals surface area contributed by atoms with E-state index in [1.165, 1.54) is 13.2 Å². The molecule has 2 rings (SSSR count). The van der Waals surface area contributed by atoms with Gasteiger partial charge in [-0.05, 0) is 7.05 Å². The number of hydrogen-bond donors (Lipinski definition) is 0. The van der Waals surface area contributed by atoms with Crippen LogP contribution in [0.4, 0.5) is 5.69 Å². The number of likely N-dealkylation sites (N-methyl/N-ethyl adjacent to an activating group) is 1. The van der Waals surface area contributed by atoms with Crippen molar-refractivity contribution in [3.8, 4) is 11.8 Å². The highest BCUT2D eigenvalue weighted by Gasteiger charge is 2.30. The van der Waals surface area contributed by atoms with E-state index in [2.05, 4.69) is 4.98 Å². The normalized spacial score (nSPS) is 16.2. The zero-order chi connectivity index (χ0) is 13.3. The Balaban J connectivity index is 2.27. The number of ether oxygens (including phenoxy) is 2. The van der Waals surface area contributed by atoms with Crippen LogP contribution in [0, 0.1) is 10.1 Å². The van der Waals surface area contributed by atoms with Gasteiger partial charge in [0.15, 0.2) is 0 Å². The van der Waals surface area contributed by atoms with Crippen LogP contribution in [0.3, 0.4) is 0 Å². The minimum absolute atomic E-state index is 0.0562. The van der Waals surface area contributed by atoms with Crippen LogP contribution < -0.4 is 9.47 Å². The number of likely N-dealkylation sites (tertiary alicyclic amines) is 1. The SMILES string of the molecule is COc1nc(OC2CN(C)C2)c([N+](=O)[O-])cc1Cl. The molecule has 1 aromatic heterocycles. The molecule has 1 aromatic rings. The molecule has 8 heteroatoms. The van der Waals surface area contributed by atoms with Gasteiger partial charge in [-0.15, -0.1) is 0 Å². The second-order valence-corrected chi connectivity index (χ2v) is 4.43. The lowest BCUT2D eigenvalue weighted by atomic mass is 10.2. The summed E-state index contributed by atoms with van der Waals surface area (Å²) in [4.78, 5) is 16.3. The van der Waals surface area contributed by atoms with E-state index >= 15 is 0 Å². The van der Waals surface area contributed by atoms with E-state index in [9.17, 15) is 10.1 Å². The van der Waals surface area contributed by atoms with Crippen molar-refractivity contribution in [1.29, 1.82) is 0 Å². The maximum atomic E-state index is 10.9. The molecule has 1 fully saturated rings. The molecule has 2 heterocycles. The van der Waals surface area contributed by atoms with E-state index in [1.54, 1.807) is 0 Å². The van der Waals surface area contributed by atoms with Crippen LogP contribution >= 0.6 is 11.6 Å². The highest BCUT2D eigenvalue weighted by Crippen LogP contribution is 2.34. The van der Waals surface area contributed by atoms with Gasteiger partial charge < -0.3 is 9.47 Å². The maximum absolute atomic E-state index is 10.9. The summed E-state index contributed by atoms with van der Waals surface area (Å²) in [6.45, 7) is 1.42. The molecule has 0 aromatic carbocycles. The Hall–Kier alpha value is -1.60. The molecular weight excluding hydrogens is 262 g/mol. The number of hydrogen-bond acceptors (Lipinski definition) is 6. The molecule has 0 spiro atoms. The molecule has 18 heavy (non-hydrogen) atoms. The zero-order valence-electron chi connectivity index (χ0n) is 9.92. The molecule has 0 radical (unpaired) electrons. The van der Waals surface area contributed by atoms with Crippen molar-refractivity contribution in [3.05, 3.63) is 21.2 Å². The van der Waals surface area contributed by atoms with Crippen molar-refractivity contribution in [3.63, 3.8) is 0 Å². The highest BCUT2D eigenvalue weighted by molar-refractivity contribution is 6.32. The first-order chi connectivity index (χ1) is 8.51. The summed E-state index contributed by atoms with van der Waals surface area (Å²) in [6, 6.07) is 1.19.